The van der Waals surface area contributed by atoms with Crippen LogP contribution in [0, 0.1) is 0 Å². The molecule has 0 radical (unpaired) electrons. The molecule has 0 unspecified atom stereocenters. The Morgan fingerprint density at radius 1 is 1.11 bits per heavy atom. The van der Waals surface area contributed by atoms with E-state index in [2.05, 4.69) is 31.2 Å². The summed E-state index contributed by atoms with van der Waals surface area (Å²) in [5.41, 5.74) is 2.52. The van der Waals surface area contributed by atoms with E-state index in [0.29, 0.717) is 0 Å². The number of benzene rings is 2. The smallest absolute Gasteiger partial charge is 0.142 e. The average molecular weight is 238 g/mol. The summed E-state index contributed by atoms with van der Waals surface area (Å²) < 4.78 is 0. The third-order valence-electron chi connectivity index (χ3n) is 3.20. The van der Waals surface area contributed by atoms with Crippen molar-refractivity contribution >= 4 is 23.1 Å². The van der Waals surface area contributed by atoms with Crippen LogP contribution in [0.5, 0.6) is 0 Å². The predicted molar refractivity (Wildman–Crippen MR) is 77.7 cm³/mol. The summed E-state index contributed by atoms with van der Waals surface area (Å²) in [4.78, 5) is 10.6. The Balaban J connectivity index is 2.55. The maximum absolute atomic E-state index is 10.6. The fraction of sp³-hybridized carbons (Fsp3) is 0.235. The number of carbonyl (C=O) groups excluding carboxylic acids is 1. The summed E-state index contributed by atoms with van der Waals surface area (Å²) in [7, 11) is 0. The van der Waals surface area contributed by atoms with Crippen molar-refractivity contribution in [2.24, 2.45) is 0 Å². The van der Waals surface area contributed by atoms with E-state index in [0.717, 1.165) is 12.7 Å². The molecular formula is C17H18O. The average Bonchev–Trinajstić information content (AvgIpc) is 2.43. The molecular weight excluding hydrogens is 220 g/mol. The Hall–Kier alpha value is -1.89. The Morgan fingerprint density at radius 2 is 1.94 bits per heavy atom. The molecule has 1 nitrogen and oxygen atoms in total. The monoisotopic (exact) mass is 238 g/mol. The first-order valence-electron chi connectivity index (χ1n) is 6.49. The number of rotatable bonds is 5. The van der Waals surface area contributed by atoms with E-state index in [1.54, 1.807) is 6.08 Å². The van der Waals surface area contributed by atoms with Gasteiger partial charge >= 0.3 is 0 Å². The molecule has 0 bridgehead atoms. The summed E-state index contributed by atoms with van der Waals surface area (Å²) in [5.74, 6) is 0. The Labute approximate surface area is 108 Å². The molecule has 2 rings (SSSR count). The number of unbranched alkanes of at least 4 members (excludes halogenated alkanes) is 1. The van der Waals surface area contributed by atoms with Gasteiger partial charge in [0.05, 0.1) is 0 Å². The number of fused-ring (bicyclic) bond motifs is 1. The molecule has 0 saturated carbocycles. The second-order valence-electron chi connectivity index (χ2n) is 4.46. The first-order chi connectivity index (χ1) is 8.86. The lowest BCUT2D eigenvalue weighted by Crippen LogP contribution is -1.91. The molecule has 92 valence electrons. The molecule has 0 aliphatic carbocycles. The van der Waals surface area contributed by atoms with Crippen molar-refractivity contribution in [2.45, 2.75) is 26.2 Å². The van der Waals surface area contributed by atoms with E-state index >= 15 is 0 Å². The van der Waals surface area contributed by atoms with Crippen LogP contribution < -0.4 is 0 Å². The highest BCUT2D eigenvalue weighted by Gasteiger charge is 2.04. The summed E-state index contributed by atoms with van der Waals surface area (Å²) in [5, 5.41) is 2.45. The minimum Gasteiger partial charge on any atom is -0.299 e. The van der Waals surface area contributed by atoms with Gasteiger partial charge in [0.2, 0.25) is 0 Å². The molecule has 0 aliphatic heterocycles. The molecule has 1 heteroatoms. The molecule has 2 aromatic carbocycles. The zero-order chi connectivity index (χ0) is 12.8. The van der Waals surface area contributed by atoms with Crippen LogP contribution in [0.25, 0.3) is 16.8 Å². The summed E-state index contributed by atoms with van der Waals surface area (Å²) in [6.07, 6.45) is 7.78. The molecule has 0 N–H and O–H groups in total. The minimum atomic E-state index is 0.839. The molecule has 0 fully saturated rings. The lowest BCUT2D eigenvalue weighted by atomic mass is 9.95. The highest BCUT2D eigenvalue weighted by molar-refractivity contribution is 5.93. The second-order valence-corrected chi connectivity index (χ2v) is 4.46. The van der Waals surface area contributed by atoms with Gasteiger partial charge in [-0.15, -0.1) is 0 Å². The van der Waals surface area contributed by atoms with Crippen molar-refractivity contribution < 1.29 is 4.79 Å². The molecule has 0 aliphatic rings. The number of carbonyl (C=O) groups is 1. The van der Waals surface area contributed by atoms with Crippen LogP contribution in [-0.4, -0.2) is 6.29 Å². The van der Waals surface area contributed by atoms with Gasteiger partial charge in [0.15, 0.2) is 0 Å². The van der Waals surface area contributed by atoms with Gasteiger partial charge in [-0.1, -0.05) is 55.8 Å². The standard InChI is InChI=1S/C17H18O/c1-2-3-7-14-11-12-15-8-4-5-9-16(15)17(14)10-6-13-18/h4-6,8-13H,2-3,7H2,1H3/b10-6+. The second kappa shape index (κ2) is 6.15. The number of hydrogen-bond donors (Lipinski definition) is 0. The van der Waals surface area contributed by atoms with E-state index in [1.807, 2.05) is 18.2 Å². The van der Waals surface area contributed by atoms with Crippen molar-refractivity contribution in [3.05, 3.63) is 53.6 Å². The zero-order valence-corrected chi connectivity index (χ0v) is 10.7. The van der Waals surface area contributed by atoms with Crippen molar-refractivity contribution in [3.8, 4) is 0 Å². The third kappa shape index (κ3) is 2.67. The van der Waals surface area contributed by atoms with Crippen LogP contribution in [0.1, 0.15) is 30.9 Å². The van der Waals surface area contributed by atoms with Gasteiger partial charge in [-0.2, -0.15) is 0 Å². The number of allylic oxidation sites excluding steroid dienone is 1. The molecule has 0 amide bonds. The van der Waals surface area contributed by atoms with E-state index in [9.17, 15) is 4.79 Å². The van der Waals surface area contributed by atoms with Crippen molar-refractivity contribution in [2.75, 3.05) is 0 Å². The molecule has 0 atom stereocenters. The van der Waals surface area contributed by atoms with Gasteiger partial charge in [-0.05, 0) is 40.8 Å². The predicted octanol–water partition coefficient (Wildman–Crippen LogP) is 4.39. The first kappa shape index (κ1) is 12.6. The topological polar surface area (TPSA) is 17.1 Å². The fourth-order valence-electron chi connectivity index (χ4n) is 2.26. The first-order valence-corrected chi connectivity index (χ1v) is 6.49. The van der Waals surface area contributed by atoms with Gasteiger partial charge < -0.3 is 0 Å². The van der Waals surface area contributed by atoms with E-state index in [-0.39, 0.29) is 0 Å². The lowest BCUT2D eigenvalue weighted by molar-refractivity contribution is -0.104. The maximum Gasteiger partial charge on any atom is 0.142 e. The highest BCUT2D eigenvalue weighted by atomic mass is 16.1. The summed E-state index contributed by atoms with van der Waals surface area (Å²) in [6.45, 7) is 2.20. The highest BCUT2D eigenvalue weighted by Crippen LogP contribution is 2.25. The molecule has 18 heavy (non-hydrogen) atoms. The van der Waals surface area contributed by atoms with Crippen LogP contribution in [0.4, 0.5) is 0 Å². The molecule has 0 spiro atoms. The summed E-state index contributed by atoms with van der Waals surface area (Å²) in [6, 6.07) is 12.7. The van der Waals surface area contributed by atoms with E-state index in [1.165, 1.54) is 34.7 Å². The van der Waals surface area contributed by atoms with Crippen LogP contribution >= 0.6 is 0 Å². The Morgan fingerprint density at radius 3 is 2.72 bits per heavy atom. The fourth-order valence-corrected chi connectivity index (χ4v) is 2.26. The van der Waals surface area contributed by atoms with E-state index < -0.39 is 0 Å². The van der Waals surface area contributed by atoms with Gasteiger partial charge in [0, 0.05) is 0 Å². The molecule has 0 heterocycles. The van der Waals surface area contributed by atoms with Crippen molar-refractivity contribution in [3.63, 3.8) is 0 Å². The van der Waals surface area contributed by atoms with Gasteiger partial charge in [-0.25, -0.2) is 0 Å². The van der Waals surface area contributed by atoms with Crippen molar-refractivity contribution in [1.29, 1.82) is 0 Å². The largest absolute Gasteiger partial charge is 0.299 e. The normalized spacial score (nSPS) is 11.2. The SMILES string of the molecule is CCCCc1ccc2ccccc2c1/C=C/C=O. The van der Waals surface area contributed by atoms with Gasteiger partial charge in [0.25, 0.3) is 0 Å². The number of aryl methyl sites for hydroxylation is 1. The van der Waals surface area contributed by atoms with Gasteiger partial charge in [-0.3, -0.25) is 4.79 Å². The Bertz CT molecular complexity index is 567. The van der Waals surface area contributed by atoms with Crippen LogP contribution in [-0.2, 0) is 11.2 Å². The Kier molecular flexibility index (Phi) is 4.30. The van der Waals surface area contributed by atoms with Crippen molar-refractivity contribution in [1.82, 2.24) is 0 Å². The van der Waals surface area contributed by atoms with Crippen LogP contribution in [0.2, 0.25) is 0 Å². The van der Waals surface area contributed by atoms with Gasteiger partial charge in [0.1, 0.15) is 6.29 Å². The molecule has 0 saturated heterocycles. The molecule has 0 aromatic heterocycles. The van der Waals surface area contributed by atoms with Crippen LogP contribution in [0.3, 0.4) is 0 Å². The quantitative estimate of drug-likeness (QED) is 0.557. The molecule has 2 aromatic rings. The van der Waals surface area contributed by atoms with Crippen LogP contribution in [0.15, 0.2) is 42.5 Å². The minimum absolute atomic E-state index is 0.839. The third-order valence-corrected chi connectivity index (χ3v) is 3.20. The van der Waals surface area contributed by atoms with E-state index in [4.69, 9.17) is 0 Å². The number of aldehydes is 1. The zero-order valence-electron chi connectivity index (χ0n) is 10.7. The lowest BCUT2D eigenvalue weighted by Gasteiger charge is -2.09. The number of hydrogen-bond acceptors (Lipinski definition) is 1. The summed E-state index contributed by atoms with van der Waals surface area (Å²) >= 11 is 0. The maximum atomic E-state index is 10.6.